The summed E-state index contributed by atoms with van der Waals surface area (Å²) in [5.74, 6) is 0.159. The van der Waals surface area contributed by atoms with E-state index in [1.54, 1.807) is 23.1 Å². The molecule has 1 unspecified atom stereocenters. The summed E-state index contributed by atoms with van der Waals surface area (Å²) in [7, 11) is 1.50. The third-order valence-electron chi connectivity index (χ3n) is 4.71. The van der Waals surface area contributed by atoms with Gasteiger partial charge in [0.2, 0.25) is 17.6 Å². The van der Waals surface area contributed by atoms with Crippen LogP contribution in [0.25, 0.3) is 11.4 Å². The van der Waals surface area contributed by atoms with Crippen molar-refractivity contribution < 1.29 is 32.0 Å². The predicted octanol–water partition coefficient (Wildman–Crippen LogP) is 4.82. The molecule has 0 spiro atoms. The summed E-state index contributed by atoms with van der Waals surface area (Å²) in [5.41, 5.74) is 1.07. The summed E-state index contributed by atoms with van der Waals surface area (Å²) in [6, 6.07) is 10.1. The van der Waals surface area contributed by atoms with Crippen LogP contribution >= 0.6 is 11.6 Å². The average molecular weight is 454 g/mol. The lowest BCUT2D eigenvalue weighted by molar-refractivity contribution is -0.274. The molecule has 7 nitrogen and oxygen atoms in total. The van der Waals surface area contributed by atoms with Crippen molar-refractivity contribution in [1.29, 1.82) is 0 Å². The number of nitrogens with zero attached hydrogens (tertiary/aromatic N) is 3. The van der Waals surface area contributed by atoms with E-state index in [1.807, 2.05) is 0 Å². The second kappa shape index (κ2) is 8.10. The number of rotatable bonds is 5. The van der Waals surface area contributed by atoms with E-state index in [-0.39, 0.29) is 35.7 Å². The third kappa shape index (κ3) is 4.58. The van der Waals surface area contributed by atoms with Gasteiger partial charge in [0.25, 0.3) is 0 Å². The molecule has 0 aliphatic carbocycles. The van der Waals surface area contributed by atoms with E-state index >= 15 is 0 Å². The maximum atomic E-state index is 12.5. The van der Waals surface area contributed by atoms with Gasteiger partial charge in [-0.15, -0.1) is 13.2 Å². The highest BCUT2D eigenvalue weighted by molar-refractivity contribution is 6.32. The molecule has 1 fully saturated rings. The molecule has 1 atom stereocenters. The zero-order chi connectivity index (χ0) is 22.2. The van der Waals surface area contributed by atoms with Crippen molar-refractivity contribution in [2.24, 2.45) is 0 Å². The predicted molar refractivity (Wildman–Crippen MR) is 104 cm³/mol. The SMILES string of the molecule is COc1ccc(N2CC(c3nc(-c4ccc(OC(F)(F)F)cc4)no3)CC2=O)cc1Cl. The van der Waals surface area contributed by atoms with E-state index in [1.165, 1.54) is 19.2 Å². The lowest BCUT2D eigenvalue weighted by Crippen LogP contribution is -2.24. The quantitative estimate of drug-likeness (QED) is 0.551. The van der Waals surface area contributed by atoms with Crippen LogP contribution in [-0.2, 0) is 4.79 Å². The first-order valence-electron chi connectivity index (χ1n) is 9.07. The standard InChI is InChI=1S/C20H15ClF3N3O4/c1-29-16-7-4-13(9-15(16)21)27-10-12(8-17(27)28)19-25-18(26-31-19)11-2-5-14(6-3-11)30-20(22,23)24/h2-7,9,12H,8,10H2,1H3. The van der Waals surface area contributed by atoms with Gasteiger partial charge in [-0.25, -0.2) is 0 Å². The Morgan fingerprint density at radius 1 is 1.19 bits per heavy atom. The summed E-state index contributed by atoms with van der Waals surface area (Å²) in [4.78, 5) is 18.4. The van der Waals surface area contributed by atoms with E-state index in [4.69, 9.17) is 20.9 Å². The molecule has 3 aromatic rings. The molecule has 1 amide bonds. The Balaban J connectivity index is 1.48. The van der Waals surface area contributed by atoms with Crippen LogP contribution in [0.3, 0.4) is 0 Å². The van der Waals surface area contributed by atoms with Crippen molar-refractivity contribution in [3.05, 3.63) is 53.4 Å². The van der Waals surface area contributed by atoms with E-state index in [0.717, 1.165) is 12.1 Å². The molecule has 162 valence electrons. The first-order chi connectivity index (χ1) is 14.7. The Bertz CT molecular complexity index is 1100. The Morgan fingerprint density at radius 2 is 1.94 bits per heavy atom. The fraction of sp³-hybridized carbons (Fsp3) is 0.250. The zero-order valence-corrected chi connectivity index (χ0v) is 16.8. The summed E-state index contributed by atoms with van der Waals surface area (Å²) in [6.45, 7) is 0.321. The summed E-state index contributed by atoms with van der Waals surface area (Å²) in [6.07, 6.45) is -4.60. The van der Waals surface area contributed by atoms with Gasteiger partial charge in [-0.3, -0.25) is 4.79 Å². The molecule has 0 saturated carbocycles. The van der Waals surface area contributed by atoms with E-state index in [0.29, 0.717) is 28.6 Å². The molecule has 1 aliphatic rings. The van der Waals surface area contributed by atoms with Crippen molar-refractivity contribution in [2.45, 2.75) is 18.7 Å². The molecule has 1 aliphatic heterocycles. The number of ether oxygens (including phenoxy) is 2. The number of benzene rings is 2. The zero-order valence-electron chi connectivity index (χ0n) is 16.0. The molecule has 2 aromatic carbocycles. The Labute approximate surface area is 179 Å². The molecule has 0 radical (unpaired) electrons. The Hall–Kier alpha value is -3.27. The van der Waals surface area contributed by atoms with Crippen LogP contribution in [0.2, 0.25) is 5.02 Å². The van der Waals surface area contributed by atoms with E-state index in [9.17, 15) is 18.0 Å². The fourth-order valence-corrected chi connectivity index (χ4v) is 3.52. The van der Waals surface area contributed by atoms with Gasteiger partial charge in [0.15, 0.2) is 0 Å². The maximum Gasteiger partial charge on any atom is 0.573 e. The van der Waals surface area contributed by atoms with Gasteiger partial charge in [0.05, 0.1) is 18.1 Å². The first-order valence-corrected chi connectivity index (χ1v) is 9.45. The second-order valence-corrected chi connectivity index (χ2v) is 7.16. The van der Waals surface area contributed by atoms with Crippen molar-refractivity contribution in [1.82, 2.24) is 10.1 Å². The number of amides is 1. The topological polar surface area (TPSA) is 77.7 Å². The molecule has 4 rings (SSSR count). The van der Waals surface area contributed by atoms with Crippen LogP contribution in [0.5, 0.6) is 11.5 Å². The summed E-state index contributed by atoms with van der Waals surface area (Å²) < 4.78 is 51.1. The molecule has 1 aromatic heterocycles. The van der Waals surface area contributed by atoms with Gasteiger partial charge >= 0.3 is 6.36 Å². The van der Waals surface area contributed by atoms with Crippen LogP contribution in [-0.4, -0.2) is 36.1 Å². The van der Waals surface area contributed by atoms with E-state index < -0.39 is 6.36 Å². The molecule has 11 heteroatoms. The minimum Gasteiger partial charge on any atom is -0.495 e. The van der Waals surface area contributed by atoms with Crippen LogP contribution < -0.4 is 14.4 Å². The van der Waals surface area contributed by atoms with Crippen LogP contribution in [0.4, 0.5) is 18.9 Å². The monoisotopic (exact) mass is 453 g/mol. The number of carbonyl (C=O) groups excluding carboxylic acids is 1. The summed E-state index contributed by atoms with van der Waals surface area (Å²) in [5, 5.41) is 4.26. The molecule has 1 saturated heterocycles. The lowest BCUT2D eigenvalue weighted by Gasteiger charge is -2.17. The van der Waals surface area contributed by atoms with Gasteiger partial charge in [-0.2, -0.15) is 4.98 Å². The molecule has 2 heterocycles. The highest BCUT2D eigenvalue weighted by Gasteiger charge is 2.35. The number of methoxy groups -OCH3 is 1. The number of hydrogen-bond donors (Lipinski definition) is 0. The molecular formula is C20H15ClF3N3O4. The van der Waals surface area contributed by atoms with Gasteiger partial charge in [0.1, 0.15) is 11.5 Å². The van der Waals surface area contributed by atoms with Gasteiger partial charge < -0.3 is 18.9 Å². The number of anilines is 1. The van der Waals surface area contributed by atoms with Crippen molar-refractivity contribution in [3.63, 3.8) is 0 Å². The normalized spacial score (nSPS) is 16.6. The second-order valence-electron chi connectivity index (χ2n) is 6.75. The highest BCUT2D eigenvalue weighted by Crippen LogP contribution is 2.35. The van der Waals surface area contributed by atoms with Gasteiger partial charge in [0, 0.05) is 24.2 Å². The van der Waals surface area contributed by atoms with Crippen LogP contribution in [0, 0.1) is 0 Å². The fourth-order valence-electron chi connectivity index (χ4n) is 3.27. The number of hydrogen-bond acceptors (Lipinski definition) is 6. The number of aromatic nitrogens is 2. The number of carbonyl (C=O) groups is 1. The molecular weight excluding hydrogens is 439 g/mol. The largest absolute Gasteiger partial charge is 0.573 e. The van der Waals surface area contributed by atoms with Crippen LogP contribution in [0.1, 0.15) is 18.2 Å². The lowest BCUT2D eigenvalue weighted by atomic mass is 10.1. The number of halogens is 4. The summed E-state index contributed by atoms with van der Waals surface area (Å²) >= 11 is 6.15. The van der Waals surface area contributed by atoms with Crippen molar-refractivity contribution in [3.8, 4) is 22.9 Å². The van der Waals surface area contributed by atoms with E-state index in [2.05, 4.69) is 14.9 Å². The molecule has 0 N–H and O–H groups in total. The van der Waals surface area contributed by atoms with Crippen molar-refractivity contribution >= 4 is 23.2 Å². The first kappa shape index (κ1) is 21.0. The maximum absolute atomic E-state index is 12.5. The average Bonchev–Trinajstić information content (AvgIpc) is 3.34. The van der Waals surface area contributed by atoms with Crippen molar-refractivity contribution in [2.75, 3.05) is 18.6 Å². The number of alkyl halides is 3. The minimum absolute atomic E-state index is 0.125. The minimum atomic E-state index is -4.77. The Morgan fingerprint density at radius 3 is 2.58 bits per heavy atom. The smallest absolute Gasteiger partial charge is 0.495 e. The van der Waals surface area contributed by atoms with Crippen LogP contribution in [0.15, 0.2) is 47.0 Å². The molecule has 31 heavy (non-hydrogen) atoms. The third-order valence-corrected chi connectivity index (χ3v) is 5.00. The Kier molecular flexibility index (Phi) is 5.48. The highest BCUT2D eigenvalue weighted by atomic mass is 35.5. The van der Waals surface area contributed by atoms with Gasteiger partial charge in [-0.1, -0.05) is 16.8 Å². The van der Waals surface area contributed by atoms with Gasteiger partial charge in [-0.05, 0) is 42.5 Å². The molecule has 0 bridgehead atoms.